The molecule has 0 saturated carbocycles. The number of benzene rings is 2. The Bertz CT molecular complexity index is 500. The molecule has 0 unspecified atom stereocenters. The van der Waals surface area contributed by atoms with Gasteiger partial charge in [0.15, 0.2) is 0 Å². The first kappa shape index (κ1) is 11.3. The van der Waals surface area contributed by atoms with Gasteiger partial charge in [0, 0.05) is 6.07 Å². The zero-order valence-electron chi connectivity index (χ0n) is 9.55. The molecule has 2 rings (SSSR count). The van der Waals surface area contributed by atoms with E-state index < -0.39 is 0 Å². The van der Waals surface area contributed by atoms with E-state index >= 15 is 0 Å². The van der Waals surface area contributed by atoms with E-state index in [-0.39, 0.29) is 11.5 Å². The van der Waals surface area contributed by atoms with Gasteiger partial charge in [0.2, 0.25) is 0 Å². The Morgan fingerprint density at radius 2 is 1.71 bits per heavy atom. The van der Waals surface area contributed by atoms with E-state index in [1.807, 2.05) is 31.2 Å². The van der Waals surface area contributed by atoms with Crippen molar-refractivity contribution < 1.29 is 14.9 Å². The Balaban J connectivity index is 2.07. The summed E-state index contributed by atoms with van der Waals surface area (Å²) in [5.41, 5.74) is 1.85. The molecule has 0 aliphatic rings. The molecular weight excluding hydrogens is 216 g/mol. The van der Waals surface area contributed by atoms with E-state index in [2.05, 4.69) is 0 Å². The second-order valence-electron chi connectivity index (χ2n) is 3.96. The van der Waals surface area contributed by atoms with E-state index in [1.165, 1.54) is 6.07 Å². The minimum Gasteiger partial charge on any atom is -0.508 e. The van der Waals surface area contributed by atoms with Crippen molar-refractivity contribution in [1.82, 2.24) is 0 Å². The number of rotatable bonds is 3. The zero-order chi connectivity index (χ0) is 12.3. The highest BCUT2D eigenvalue weighted by Crippen LogP contribution is 2.22. The fourth-order valence-corrected chi connectivity index (χ4v) is 1.61. The maximum absolute atomic E-state index is 9.32. The van der Waals surface area contributed by atoms with Crippen molar-refractivity contribution in [1.29, 1.82) is 0 Å². The van der Waals surface area contributed by atoms with Crippen LogP contribution in [0.25, 0.3) is 0 Å². The van der Waals surface area contributed by atoms with Gasteiger partial charge in [0.05, 0.1) is 0 Å². The third-order valence-corrected chi connectivity index (χ3v) is 2.36. The van der Waals surface area contributed by atoms with Crippen LogP contribution in [0.15, 0.2) is 42.5 Å². The highest BCUT2D eigenvalue weighted by molar-refractivity contribution is 5.36. The molecule has 2 N–H and O–H groups in total. The standard InChI is InChI=1S/C14H14O3/c1-10-3-2-4-14(5-10)17-9-11-6-12(15)8-13(16)7-11/h2-8,15-16H,9H2,1H3. The monoisotopic (exact) mass is 230 g/mol. The fourth-order valence-electron chi connectivity index (χ4n) is 1.61. The molecule has 17 heavy (non-hydrogen) atoms. The minimum absolute atomic E-state index is 0.0350. The van der Waals surface area contributed by atoms with Gasteiger partial charge in [-0.15, -0.1) is 0 Å². The molecule has 0 amide bonds. The van der Waals surface area contributed by atoms with Crippen molar-refractivity contribution in [3.8, 4) is 17.2 Å². The largest absolute Gasteiger partial charge is 0.508 e. The summed E-state index contributed by atoms with van der Waals surface area (Å²) in [5, 5.41) is 18.6. The summed E-state index contributed by atoms with van der Waals surface area (Å²) in [5.74, 6) is 0.841. The molecule has 2 aromatic rings. The molecule has 0 aliphatic heterocycles. The summed E-state index contributed by atoms with van der Waals surface area (Å²) in [6.45, 7) is 2.30. The summed E-state index contributed by atoms with van der Waals surface area (Å²) in [6.07, 6.45) is 0. The lowest BCUT2D eigenvalue weighted by Crippen LogP contribution is -1.95. The van der Waals surface area contributed by atoms with Crippen molar-refractivity contribution in [2.75, 3.05) is 0 Å². The lowest BCUT2D eigenvalue weighted by molar-refractivity contribution is 0.304. The number of phenols is 2. The van der Waals surface area contributed by atoms with Gasteiger partial charge >= 0.3 is 0 Å². The molecule has 0 fully saturated rings. The Hall–Kier alpha value is -2.16. The van der Waals surface area contributed by atoms with Crippen molar-refractivity contribution in [2.45, 2.75) is 13.5 Å². The predicted octanol–water partition coefficient (Wildman–Crippen LogP) is 2.99. The van der Waals surface area contributed by atoms with Gasteiger partial charge in [-0.25, -0.2) is 0 Å². The third kappa shape index (κ3) is 3.14. The Labute approximate surface area is 99.9 Å². The number of phenolic OH excluding ortho intramolecular Hbond substituents is 2. The van der Waals surface area contributed by atoms with Crippen molar-refractivity contribution in [3.05, 3.63) is 53.6 Å². The van der Waals surface area contributed by atoms with Gasteiger partial charge in [-0.3, -0.25) is 0 Å². The molecule has 2 aromatic carbocycles. The molecule has 0 saturated heterocycles. The van der Waals surface area contributed by atoms with E-state index in [0.717, 1.165) is 16.9 Å². The molecule has 0 aliphatic carbocycles. The first-order valence-electron chi connectivity index (χ1n) is 5.35. The number of hydrogen-bond donors (Lipinski definition) is 2. The highest BCUT2D eigenvalue weighted by Gasteiger charge is 2.00. The van der Waals surface area contributed by atoms with E-state index in [4.69, 9.17) is 4.74 Å². The van der Waals surface area contributed by atoms with Crippen molar-refractivity contribution >= 4 is 0 Å². The van der Waals surface area contributed by atoms with Crippen LogP contribution in [0.5, 0.6) is 17.2 Å². The van der Waals surface area contributed by atoms with Crippen LogP contribution in [0, 0.1) is 6.92 Å². The topological polar surface area (TPSA) is 49.7 Å². The molecule has 0 radical (unpaired) electrons. The lowest BCUT2D eigenvalue weighted by atomic mass is 10.2. The fraction of sp³-hybridized carbons (Fsp3) is 0.143. The molecule has 0 atom stereocenters. The lowest BCUT2D eigenvalue weighted by Gasteiger charge is -2.07. The van der Waals surface area contributed by atoms with Crippen LogP contribution >= 0.6 is 0 Å². The summed E-state index contributed by atoms with van der Waals surface area (Å²) >= 11 is 0. The Morgan fingerprint density at radius 3 is 2.35 bits per heavy atom. The van der Waals surface area contributed by atoms with E-state index in [0.29, 0.717) is 6.61 Å². The van der Waals surface area contributed by atoms with Gasteiger partial charge in [0.25, 0.3) is 0 Å². The summed E-state index contributed by atoms with van der Waals surface area (Å²) < 4.78 is 5.56. The number of aryl methyl sites for hydroxylation is 1. The smallest absolute Gasteiger partial charge is 0.120 e. The van der Waals surface area contributed by atoms with Crippen LogP contribution in [-0.4, -0.2) is 10.2 Å². The third-order valence-electron chi connectivity index (χ3n) is 2.36. The van der Waals surface area contributed by atoms with Gasteiger partial charge in [0.1, 0.15) is 23.9 Å². The van der Waals surface area contributed by atoms with Gasteiger partial charge in [-0.1, -0.05) is 12.1 Å². The quantitative estimate of drug-likeness (QED) is 0.852. The van der Waals surface area contributed by atoms with Gasteiger partial charge < -0.3 is 14.9 Å². The van der Waals surface area contributed by atoms with Crippen molar-refractivity contribution in [3.63, 3.8) is 0 Å². The van der Waals surface area contributed by atoms with Crippen LogP contribution in [-0.2, 0) is 6.61 Å². The molecule has 0 bridgehead atoms. The second-order valence-corrected chi connectivity index (χ2v) is 3.96. The van der Waals surface area contributed by atoms with Crippen LogP contribution in [0.4, 0.5) is 0 Å². The first-order valence-corrected chi connectivity index (χ1v) is 5.35. The zero-order valence-corrected chi connectivity index (χ0v) is 9.55. The van der Waals surface area contributed by atoms with E-state index in [1.54, 1.807) is 12.1 Å². The molecule has 3 heteroatoms. The summed E-state index contributed by atoms with van der Waals surface area (Å²) in [6, 6.07) is 12.1. The number of aromatic hydroxyl groups is 2. The molecule has 0 heterocycles. The maximum Gasteiger partial charge on any atom is 0.120 e. The minimum atomic E-state index is 0.0350. The maximum atomic E-state index is 9.32. The van der Waals surface area contributed by atoms with E-state index in [9.17, 15) is 10.2 Å². The molecule has 0 aromatic heterocycles. The van der Waals surface area contributed by atoms with Crippen molar-refractivity contribution in [2.24, 2.45) is 0 Å². The highest BCUT2D eigenvalue weighted by atomic mass is 16.5. The molecule has 3 nitrogen and oxygen atoms in total. The number of hydrogen-bond acceptors (Lipinski definition) is 3. The van der Waals surface area contributed by atoms with Crippen LogP contribution < -0.4 is 4.74 Å². The number of ether oxygens (including phenoxy) is 1. The first-order chi connectivity index (χ1) is 8.13. The van der Waals surface area contributed by atoms with Crippen LogP contribution in [0.2, 0.25) is 0 Å². The molecule has 88 valence electrons. The summed E-state index contributed by atoms with van der Waals surface area (Å²) in [7, 11) is 0. The summed E-state index contributed by atoms with van der Waals surface area (Å²) in [4.78, 5) is 0. The SMILES string of the molecule is Cc1cccc(OCc2cc(O)cc(O)c2)c1. The Morgan fingerprint density at radius 1 is 1.00 bits per heavy atom. The predicted molar refractivity (Wildman–Crippen MR) is 65.3 cm³/mol. The average Bonchev–Trinajstić information content (AvgIpc) is 2.25. The van der Waals surface area contributed by atoms with Crippen LogP contribution in [0.3, 0.4) is 0 Å². The normalized spacial score (nSPS) is 10.2. The average molecular weight is 230 g/mol. The Kier molecular flexibility index (Phi) is 3.19. The molecular formula is C14H14O3. The molecule has 0 spiro atoms. The van der Waals surface area contributed by atoms with Gasteiger partial charge in [-0.2, -0.15) is 0 Å². The van der Waals surface area contributed by atoms with Crippen LogP contribution in [0.1, 0.15) is 11.1 Å². The second kappa shape index (κ2) is 4.78. The van der Waals surface area contributed by atoms with Gasteiger partial charge in [-0.05, 0) is 42.3 Å².